The minimum atomic E-state index is -4.53. The highest BCUT2D eigenvalue weighted by Gasteiger charge is 2.39. The molecule has 0 radical (unpaired) electrons. The highest BCUT2D eigenvalue weighted by atomic mass is 35.5. The normalized spacial score (nSPS) is 13.4. The van der Waals surface area contributed by atoms with Gasteiger partial charge >= 0.3 is 6.18 Å². The summed E-state index contributed by atoms with van der Waals surface area (Å²) in [4.78, 5) is 7.54. The number of nitriles is 1. The molecule has 4 nitrogen and oxygen atoms in total. The first-order chi connectivity index (χ1) is 13.3. The van der Waals surface area contributed by atoms with E-state index in [9.17, 15) is 18.4 Å². The van der Waals surface area contributed by atoms with E-state index in [0.717, 1.165) is 18.8 Å². The zero-order valence-corrected chi connectivity index (χ0v) is 15.7. The zero-order chi connectivity index (χ0) is 20.7. The molecule has 0 aliphatic carbocycles. The van der Waals surface area contributed by atoms with Crippen molar-refractivity contribution in [1.82, 2.24) is 0 Å². The molecule has 2 N–H and O–H groups in total. The summed E-state index contributed by atoms with van der Waals surface area (Å²) in [5, 5.41) is 9.43. The van der Waals surface area contributed by atoms with Gasteiger partial charge in [-0.3, -0.25) is 0 Å². The maximum Gasteiger partial charge on any atom is 0.399 e. The summed E-state index contributed by atoms with van der Waals surface area (Å²) in [6, 6.07) is 10.2. The summed E-state index contributed by atoms with van der Waals surface area (Å²) < 4.78 is 40.5. The average molecular weight is 425 g/mol. The van der Waals surface area contributed by atoms with Gasteiger partial charge in [-0.15, -0.1) is 0 Å². The summed E-state index contributed by atoms with van der Waals surface area (Å²) in [6.07, 6.45) is -0.0521. The molecule has 9 heteroatoms. The van der Waals surface area contributed by atoms with Crippen molar-refractivity contribution in [3.63, 3.8) is 0 Å². The molecule has 0 saturated carbocycles. The lowest BCUT2D eigenvalue weighted by Crippen LogP contribution is -2.18. The van der Waals surface area contributed by atoms with Gasteiger partial charge in [-0.2, -0.15) is 18.4 Å². The third-order valence-electron chi connectivity index (χ3n) is 3.63. The van der Waals surface area contributed by atoms with Gasteiger partial charge in [-0.25, -0.2) is 9.98 Å². The van der Waals surface area contributed by atoms with E-state index in [1.54, 1.807) is 6.07 Å². The number of nitrogens with zero attached hydrogens (tertiary/aromatic N) is 3. The van der Waals surface area contributed by atoms with Crippen LogP contribution in [0.1, 0.15) is 22.6 Å². The molecule has 28 heavy (non-hydrogen) atoms. The number of nitrogens with two attached hydrogens (primary N) is 1. The van der Waals surface area contributed by atoms with E-state index >= 15 is 0 Å². The maximum atomic E-state index is 13.5. The number of rotatable bonds is 5. The van der Waals surface area contributed by atoms with E-state index in [4.69, 9.17) is 28.9 Å². The van der Waals surface area contributed by atoms with Gasteiger partial charge in [0.2, 0.25) is 0 Å². The van der Waals surface area contributed by atoms with Crippen molar-refractivity contribution in [1.29, 1.82) is 5.26 Å². The van der Waals surface area contributed by atoms with E-state index in [0.29, 0.717) is 11.3 Å². The van der Waals surface area contributed by atoms with Crippen LogP contribution in [0.4, 0.5) is 18.9 Å². The fourth-order valence-corrected chi connectivity index (χ4v) is 2.62. The second-order valence-corrected chi connectivity index (χ2v) is 6.30. The van der Waals surface area contributed by atoms with Gasteiger partial charge in [0.15, 0.2) is 0 Å². The standard InChI is InChI=1S/C19H13Cl2F3N4/c20-16-5-3-13(8-17(16)21)15(19(22,23)24)4-1-12-2-6-18(14(7-12)9-25)28-11-27-10-26/h1-8,10-11,15H,(H2,26,27,28)/b4-1+. The predicted molar refractivity (Wildman–Crippen MR) is 106 cm³/mol. The number of halogens is 5. The van der Waals surface area contributed by atoms with Crippen molar-refractivity contribution in [3.8, 4) is 6.07 Å². The van der Waals surface area contributed by atoms with Gasteiger partial charge in [-0.05, 0) is 35.4 Å². The molecular weight excluding hydrogens is 412 g/mol. The molecule has 1 unspecified atom stereocenters. The Morgan fingerprint density at radius 3 is 2.46 bits per heavy atom. The van der Waals surface area contributed by atoms with Gasteiger partial charge in [-0.1, -0.05) is 47.5 Å². The third-order valence-corrected chi connectivity index (χ3v) is 4.37. The maximum absolute atomic E-state index is 13.5. The van der Waals surface area contributed by atoms with Gasteiger partial charge < -0.3 is 5.73 Å². The molecule has 0 amide bonds. The summed E-state index contributed by atoms with van der Waals surface area (Å²) >= 11 is 11.6. The van der Waals surface area contributed by atoms with Gasteiger partial charge in [0.25, 0.3) is 0 Å². The van der Waals surface area contributed by atoms with Crippen LogP contribution in [0.15, 0.2) is 52.5 Å². The molecule has 0 aliphatic heterocycles. The lowest BCUT2D eigenvalue weighted by Gasteiger charge is -2.18. The van der Waals surface area contributed by atoms with Crippen LogP contribution in [0.2, 0.25) is 10.0 Å². The van der Waals surface area contributed by atoms with Gasteiger partial charge in [0, 0.05) is 0 Å². The van der Waals surface area contributed by atoms with Crippen molar-refractivity contribution < 1.29 is 13.2 Å². The van der Waals surface area contributed by atoms with Gasteiger partial charge in [0.1, 0.15) is 12.4 Å². The second kappa shape index (κ2) is 9.40. The molecule has 2 aromatic carbocycles. The van der Waals surface area contributed by atoms with Crippen molar-refractivity contribution in [2.24, 2.45) is 15.7 Å². The lowest BCUT2D eigenvalue weighted by atomic mass is 9.97. The number of aliphatic imine (C=N–C) groups is 2. The summed E-state index contributed by atoms with van der Waals surface area (Å²) in [7, 11) is 0. The second-order valence-electron chi connectivity index (χ2n) is 5.48. The minimum Gasteiger partial charge on any atom is -0.390 e. The molecule has 1 atom stereocenters. The molecule has 0 bridgehead atoms. The fourth-order valence-electron chi connectivity index (χ4n) is 2.32. The number of hydrogen-bond donors (Lipinski definition) is 1. The number of allylic oxidation sites excluding steroid dienone is 1. The van der Waals surface area contributed by atoms with Crippen LogP contribution in [0, 0.1) is 11.3 Å². The number of alkyl halides is 3. The Labute approximate surface area is 169 Å². The molecule has 0 saturated heterocycles. The van der Waals surface area contributed by atoms with E-state index in [1.165, 1.54) is 36.4 Å². The smallest absolute Gasteiger partial charge is 0.390 e. The zero-order valence-electron chi connectivity index (χ0n) is 14.2. The van der Waals surface area contributed by atoms with Crippen LogP contribution < -0.4 is 5.73 Å². The van der Waals surface area contributed by atoms with Crippen molar-refractivity contribution in [2.75, 3.05) is 0 Å². The van der Waals surface area contributed by atoms with E-state index in [2.05, 4.69) is 9.98 Å². The Hall–Kier alpha value is -2.82. The predicted octanol–water partition coefficient (Wildman–Crippen LogP) is 5.87. The Morgan fingerprint density at radius 2 is 1.86 bits per heavy atom. The number of hydrogen-bond acceptors (Lipinski definition) is 2. The Balaban J connectivity index is 2.37. The lowest BCUT2D eigenvalue weighted by molar-refractivity contribution is -0.139. The molecule has 144 valence electrons. The molecule has 0 spiro atoms. The van der Waals surface area contributed by atoms with E-state index in [-0.39, 0.29) is 21.2 Å². The SMILES string of the molecule is N#Cc1cc(/C=C/C(c2ccc(Cl)c(Cl)c2)C(F)(F)F)ccc1N=CN=CN. The molecule has 0 fully saturated rings. The molecule has 2 rings (SSSR count). The van der Waals surface area contributed by atoms with Gasteiger partial charge in [0.05, 0.1) is 33.6 Å². The minimum absolute atomic E-state index is 0.0379. The van der Waals surface area contributed by atoms with Crippen LogP contribution in [-0.4, -0.2) is 18.9 Å². The van der Waals surface area contributed by atoms with Crippen LogP contribution >= 0.6 is 23.2 Å². The van der Waals surface area contributed by atoms with Crippen molar-refractivity contribution >= 4 is 47.6 Å². The molecule has 0 heterocycles. The summed E-state index contributed by atoms with van der Waals surface area (Å²) in [6.45, 7) is 0. The third kappa shape index (κ3) is 5.59. The Bertz CT molecular complexity index is 976. The molecule has 0 aromatic heterocycles. The quantitative estimate of drug-likeness (QED) is 0.481. The van der Waals surface area contributed by atoms with E-state index < -0.39 is 12.1 Å². The Kier molecular flexibility index (Phi) is 7.21. The largest absolute Gasteiger partial charge is 0.399 e. The molecular formula is C19H13Cl2F3N4. The fraction of sp³-hybridized carbons (Fsp3) is 0.105. The molecule has 0 aliphatic rings. The van der Waals surface area contributed by atoms with E-state index in [1.807, 2.05) is 6.07 Å². The van der Waals surface area contributed by atoms with Crippen LogP contribution in [0.25, 0.3) is 6.08 Å². The average Bonchev–Trinajstić information content (AvgIpc) is 2.64. The van der Waals surface area contributed by atoms with Crippen molar-refractivity contribution in [3.05, 3.63) is 69.2 Å². The molecule has 2 aromatic rings. The van der Waals surface area contributed by atoms with Crippen molar-refractivity contribution in [2.45, 2.75) is 12.1 Å². The summed E-state index contributed by atoms with van der Waals surface area (Å²) in [5.41, 5.74) is 5.96. The first kappa shape index (κ1) is 21.5. The summed E-state index contributed by atoms with van der Waals surface area (Å²) in [5.74, 6) is -1.88. The highest BCUT2D eigenvalue weighted by Crippen LogP contribution is 2.38. The Morgan fingerprint density at radius 1 is 1.11 bits per heavy atom. The monoisotopic (exact) mass is 424 g/mol. The topological polar surface area (TPSA) is 74.5 Å². The number of benzene rings is 2. The first-order valence-corrected chi connectivity index (χ1v) is 8.51. The highest BCUT2D eigenvalue weighted by molar-refractivity contribution is 6.42. The first-order valence-electron chi connectivity index (χ1n) is 7.76. The van der Waals surface area contributed by atoms with Crippen LogP contribution in [0.3, 0.4) is 0 Å². The van der Waals surface area contributed by atoms with Crippen LogP contribution in [-0.2, 0) is 0 Å². The van der Waals surface area contributed by atoms with Crippen LogP contribution in [0.5, 0.6) is 0 Å².